The summed E-state index contributed by atoms with van der Waals surface area (Å²) in [7, 11) is -5.62. The molecule has 0 radical (unpaired) electrons. The first-order chi connectivity index (χ1) is 9.24. The Morgan fingerprint density at radius 3 is 2.71 bits per heavy atom. The highest BCUT2D eigenvalue weighted by Crippen LogP contribution is 2.44. The zero-order valence-electron chi connectivity index (χ0n) is 10.6. The summed E-state index contributed by atoms with van der Waals surface area (Å²) in [6, 6.07) is 0. The van der Waals surface area contributed by atoms with E-state index in [1.807, 2.05) is 6.08 Å². The fourth-order valence-electron chi connectivity index (χ4n) is 2.61. The van der Waals surface area contributed by atoms with Gasteiger partial charge in [-0.3, -0.25) is 5.01 Å². The predicted molar refractivity (Wildman–Crippen MR) is 69.2 cm³/mol. The highest BCUT2D eigenvalue weighted by Gasteiger charge is 2.51. The van der Waals surface area contributed by atoms with Crippen molar-refractivity contribution in [3.8, 4) is 0 Å². The van der Waals surface area contributed by atoms with E-state index in [0.717, 1.165) is 13.0 Å². The van der Waals surface area contributed by atoms with Crippen molar-refractivity contribution >= 4 is 22.5 Å². The van der Waals surface area contributed by atoms with Crippen LogP contribution in [-0.2, 0) is 14.3 Å². The minimum atomic E-state index is -5.62. The van der Waals surface area contributed by atoms with Crippen LogP contribution < -0.4 is 10.7 Å². The summed E-state index contributed by atoms with van der Waals surface area (Å²) < 4.78 is 62.9. The van der Waals surface area contributed by atoms with Gasteiger partial charge in [0.05, 0.1) is 0 Å². The number of fused-ring (bicyclic) bond motifs is 2. The second-order valence-electron chi connectivity index (χ2n) is 4.87. The van der Waals surface area contributed by atoms with Crippen LogP contribution in [-0.4, -0.2) is 38.3 Å². The summed E-state index contributed by atoms with van der Waals surface area (Å²) >= 11 is 0. The molecule has 0 saturated carbocycles. The monoisotopic (exact) mass is 347 g/mol. The third kappa shape index (κ3) is 2.66. The molecule has 3 aliphatic heterocycles. The van der Waals surface area contributed by atoms with Gasteiger partial charge in [0, 0.05) is 23.9 Å². The Hall–Kier alpha value is -0.810. The number of halogens is 4. The summed E-state index contributed by atoms with van der Waals surface area (Å²) in [6.45, 7) is 1.45. The Labute approximate surface area is 125 Å². The maximum absolute atomic E-state index is 12.3. The minimum absolute atomic E-state index is 0. The number of hydrogen-bond acceptors (Lipinski definition) is 6. The topological polar surface area (TPSA) is 70.7 Å². The molecule has 120 valence electrons. The standard InChI is InChI=1S/C10H12F3N3O3S.ClH/c11-10(12,13)20(17,18)19-8-5-7-9(1-3-14-6-9)2-4-16(7)15-8;/h2,4-5,8,14-15H,1,3,6H2;1H. The Morgan fingerprint density at radius 2 is 2.14 bits per heavy atom. The van der Waals surface area contributed by atoms with E-state index < -0.39 is 21.9 Å². The fraction of sp³-hybridized carbons (Fsp3) is 0.600. The lowest BCUT2D eigenvalue weighted by atomic mass is 9.85. The lowest BCUT2D eigenvalue weighted by Gasteiger charge is -2.24. The number of hydrogen-bond donors (Lipinski definition) is 2. The molecular weight excluding hydrogens is 335 g/mol. The van der Waals surface area contributed by atoms with Gasteiger partial charge in [-0.25, -0.2) is 4.18 Å². The summed E-state index contributed by atoms with van der Waals surface area (Å²) in [5, 5.41) is 4.67. The highest BCUT2D eigenvalue weighted by molar-refractivity contribution is 7.87. The van der Waals surface area contributed by atoms with Crippen LogP contribution in [0.3, 0.4) is 0 Å². The zero-order chi connectivity index (χ0) is 14.6. The molecule has 11 heteroatoms. The number of nitrogens with zero attached hydrogens (tertiary/aromatic N) is 1. The molecule has 0 aromatic carbocycles. The van der Waals surface area contributed by atoms with Crippen LogP contribution in [0.1, 0.15) is 6.42 Å². The van der Waals surface area contributed by atoms with Gasteiger partial charge in [0.15, 0.2) is 6.23 Å². The van der Waals surface area contributed by atoms with E-state index in [2.05, 4.69) is 14.9 Å². The predicted octanol–water partition coefficient (Wildman–Crippen LogP) is 0.812. The average Bonchev–Trinajstić information content (AvgIpc) is 2.97. The van der Waals surface area contributed by atoms with Gasteiger partial charge in [-0.05, 0) is 19.0 Å². The summed E-state index contributed by atoms with van der Waals surface area (Å²) in [4.78, 5) is 0. The molecule has 1 fully saturated rings. The smallest absolute Gasteiger partial charge is 0.315 e. The van der Waals surface area contributed by atoms with Crippen LogP contribution in [0.15, 0.2) is 24.0 Å². The van der Waals surface area contributed by atoms with Crippen LogP contribution in [0.2, 0.25) is 0 Å². The van der Waals surface area contributed by atoms with Crippen LogP contribution in [0.25, 0.3) is 0 Å². The number of alkyl halides is 3. The van der Waals surface area contributed by atoms with Crippen molar-refractivity contribution in [2.45, 2.75) is 18.2 Å². The normalized spacial score (nSPS) is 31.5. The molecule has 0 aromatic rings. The molecular formula is C10H13ClF3N3O3S. The van der Waals surface area contributed by atoms with Crippen LogP contribution >= 0.6 is 12.4 Å². The van der Waals surface area contributed by atoms with Crippen molar-refractivity contribution in [1.82, 2.24) is 15.8 Å². The number of hydrazine groups is 1. The first kappa shape index (κ1) is 16.6. The lowest BCUT2D eigenvalue weighted by Crippen LogP contribution is -2.39. The van der Waals surface area contributed by atoms with E-state index in [0.29, 0.717) is 12.2 Å². The van der Waals surface area contributed by atoms with Gasteiger partial charge in [-0.15, -0.1) is 12.4 Å². The van der Waals surface area contributed by atoms with Crippen molar-refractivity contribution in [3.05, 3.63) is 24.0 Å². The van der Waals surface area contributed by atoms with Crippen molar-refractivity contribution in [2.24, 2.45) is 5.41 Å². The molecule has 3 aliphatic rings. The third-order valence-electron chi connectivity index (χ3n) is 3.59. The largest absolute Gasteiger partial charge is 0.523 e. The molecule has 2 atom stereocenters. The van der Waals surface area contributed by atoms with E-state index in [1.165, 1.54) is 11.1 Å². The first-order valence-corrected chi connectivity index (χ1v) is 7.32. The van der Waals surface area contributed by atoms with Crippen molar-refractivity contribution in [2.75, 3.05) is 13.1 Å². The van der Waals surface area contributed by atoms with E-state index in [1.54, 1.807) is 6.20 Å². The van der Waals surface area contributed by atoms with Crippen LogP contribution in [0, 0.1) is 5.41 Å². The quantitative estimate of drug-likeness (QED) is 0.569. The van der Waals surface area contributed by atoms with Crippen molar-refractivity contribution < 1.29 is 25.8 Å². The van der Waals surface area contributed by atoms with Gasteiger partial charge in [0.1, 0.15) is 0 Å². The molecule has 2 N–H and O–H groups in total. The van der Waals surface area contributed by atoms with Crippen LogP contribution in [0.5, 0.6) is 0 Å². The van der Waals surface area contributed by atoms with E-state index in [9.17, 15) is 21.6 Å². The van der Waals surface area contributed by atoms with Crippen molar-refractivity contribution in [1.29, 1.82) is 0 Å². The van der Waals surface area contributed by atoms with Gasteiger partial charge in [-0.1, -0.05) is 6.08 Å². The Kier molecular flexibility index (Phi) is 4.04. The van der Waals surface area contributed by atoms with E-state index in [4.69, 9.17) is 0 Å². The molecule has 0 aliphatic carbocycles. The molecule has 0 bridgehead atoms. The molecule has 3 rings (SSSR count). The summed E-state index contributed by atoms with van der Waals surface area (Å²) in [6.07, 6.45) is 4.43. The summed E-state index contributed by atoms with van der Waals surface area (Å²) in [5.41, 5.74) is -2.46. The maximum Gasteiger partial charge on any atom is 0.523 e. The Bertz CT molecular complexity index is 584. The first-order valence-electron chi connectivity index (χ1n) is 5.91. The number of rotatable bonds is 2. The molecule has 1 saturated heterocycles. The Morgan fingerprint density at radius 1 is 1.43 bits per heavy atom. The Balaban J connectivity index is 0.00000161. The van der Waals surface area contributed by atoms with E-state index in [-0.39, 0.29) is 17.8 Å². The maximum atomic E-state index is 12.3. The van der Waals surface area contributed by atoms with Gasteiger partial charge >= 0.3 is 15.6 Å². The second kappa shape index (κ2) is 5.13. The fourth-order valence-corrected chi connectivity index (χ4v) is 3.09. The van der Waals surface area contributed by atoms with Gasteiger partial charge in [0.2, 0.25) is 0 Å². The molecule has 6 nitrogen and oxygen atoms in total. The average molecular weight is 348 g/mol. The number of nitrogens with one attached hydrogen (secondary N) is 2. The van der Waals surface area contributed by atoms with Gasteiger partial charge in [0.25, 0.3) is 0 Å². The molecule has 3 heterocycles. The van der Waals surface area contributed by atoms with Crippen LogP contribution in [0.4, 0.5) is 13.2 Å². The lowest BCUT2D eigenvalue weighted by molar-refractivity contribution is -0.0575. The van der Waals surface area contributed by atoms with Gasteiger partial charge in [-0.2, -0.15) is 27.0 Å². The molecule has 2 unspecified atom stereocenters. The molecule has 0 amide bonds. The molecule has 1 spiro atoms. The SMILES string of the molecule is Cl.O=S(=O)(OC1C=C2N(C=CC23CCNC3)N1)C(F)(F)F. The van der Waals surface area contributed by atoms with Gasteiger partial charge < -0.3 is 5.32 Å². The highest BCUT2D eigenvalue weighted by atomic mass is 35.5. The minimum Gasteiger partial charge on any atom is -0.315 e. The van der Waals surface area contributed by atoms with E-state index >= 15 is 0 Å². The third-order valence-corrected chi connectivity index (χ3v) is 4.62. The zero-order valence-corrected chi connectivity index (χ0v) is 12.2. The summed E-state index contributed by atoms with van der Waals surface area (Å²) in [5.74, 6) is 0. The molecule has 0 aromatic heterocycles. The molecule has 21 heavy (non-hydrogen) atoms. The second-order valence-corrected chi connectivity index (χ2v) is 6.43. The van der Waals surface area contributed by atoms with Crippen molar-refractivity contribution in [3.63, 3.8) is 0 Å².